The second-order valence-electron chi connectivity index (χ2n) is 12.6. The van der Waals surface area contributed by atoms with Crippen molar-refractivity contribution >= 4 is 23.6 Å². The summed E-state index contributed by atoms with van der Waals surface area (Å²) in [6.45, 7) is 1.40. The van der Waals surface area contributed by atoms with Crippen LogP contribution in [0, 0.1) is 0 Å². The summed E-state index contributed by atoms with van der Waals surface area (Å²) in [4.78, 5) is 51.3. The van der Waals surface area contributed by atoms with Crippen molar-refractivity contribution in [2.45, 2.75) is 76.3 Å². The Kier molecular flexibility index (Phi) is 16.6. The van der Waals surface area contributed by atoms with Crippen molar-refractivity contribution in [2.24, 2.45) is 0 Å². The predicted octanol–water partition coefficient (Wildman–Crippen LogP) is 6.42. The Hall–Kier alpha value is -4.92. The first-order valence-electron chi connectivity index (χ1n) is 17.8. The van der Waals surface area contributed by atoms with E-state index >= 15 is 0 Å². The van der Waals surface area contributed by atoms with Gasteiger partial charge in [0.25, 0.3) is 11.8 Å². The molecule has 0 heterocycles. The molecule has 0 fully saturated rings. The fourth-order valence-corrected chi connectivity index (χ4v) is 5.80. The highest BCUT2D eigenvalue weighted by molar-refractivity contribution is 6.06. The Balaban J connectivity index is 1.10. The van der Waals surface area contributed by atoms with Crippen LogP contribution in [-0.4, -0.2) is 48.8 Å². The van der Waals surface area contributed by atoms with Crippen LogP contribution in [-0.2, 0) is 22.4 Å². The van der Waals surface area contributed by atoms with Crippen LogP contribution in [0.3, 0.4) is 0 Å². The molecule has 0 spiro atoms. The lowest BCUT2D eigenvalue weighted by Crippen LogP contribution is -2.47. The Morgan fingerprint density at radius 3 is 1.04 bits per heavy atom. The number of unbranched alkanes of at least 4 members (excludes halogenated alkanes) is 7. The molecule has 0 bridgehead atoms. The van der Waals surface area contributed by atoms with Crippen LogP contribution in [0.1, 0.15) is 83.2 Å². The minimum Gasteiger partial charge on any atom is -0.306 e. The molecule has 0 radical (unpaired) electrons. The molecule has 2 atom stereocenters. The van der Waals surface area contributed by atoms with Gasteiger partial charge in [0.2, 0.25) is 11.8 Å². The maximum Gasteiger partial charge on any atom is 0.257 e. The van der Waals surface area contributed by atoms with Crippen molar-refractivity contribution in [3.8, 4) is 0 Å². The number of rotatable bonds is 21. The van der Waals surface area contributed by atoms with Crippen molar-refractivity contribution in [3.05, 3.63) is 144 Å². The van der Waals surface area contributed by atoms with Crippen LogP contribution in [0.5, 0.6) is 0 Å². The van der Waals surface area contributed by atoms with Crippen LogP contribution in [0.15, 0.2) is 121 Å². The molecule has 4 amide bonds. The van der Waals surface area contributed by atoms with Gasteiger partial charge in [-0.3, -0.25) is 29.8 Å². The Bertz CT molecular complexity index is 1460. The second-order valence-corrected chi connectivity index (χ2v) is 12.6. The molecule has 4 N–H and O–H groups in total. The van der Waals surface area contributed by atoms with Crippen LogP contribution in [0.2, 0.25) is 0 Å². The third kappa shape index (κ3) is 13.9. The average Bonchev–Trinajstić information content (AvgIpc) is 3.15. The maximum atomic E-state index is 13.1. The molecule has 8 nitrogen and oxygen atoms in total. The van der Waals surface area contributed by atoms with E-state index in [0.717, 1.165) is 62.5 Å². The summed E-state index contributed by atoms with van der Waals surface area (Å²) in [5, 5.41) is 11.9. The van der Waals surface area contributed by atoms with Gasteiger partial charge in [0.15, 0.2) is 0 Å². The van der Waals surface area contributed by atoms with Crippen molar-refractivity contribution in [2.75, 3.05) is 13.1 Å². The van der Waals surface area contributed by atoms with E-state index < -0.39 is 12.1 Å². The summed E-state index contributed by atoms with van der Waals surface area (Å²) in [6, 6.07) is 36.2. The number of amides is 4. The Morgan fingerprint density at radius 1 is 0.400 bits per heavy atom. The average molecular weight is 675 g/mol. The zero-order chi connectivity index (χ0) is 35.2. The monoisotopic (exact) mass is 674 g/mol. The van der Waals surface area contributed by atoms with E-state index in [4.69, 9.17) is 0 Å². The lowest BCUT2D eigenvalue weighted by atomic mass is 10.0. The smallest absolute Gasteiger partial charge is 0.257 e. The zero-order valence-electron chi connectivity index (χ0n) is 28.8. The molecule has 0 saturated carbocycles. The zero-order valence-corrected chi connectivity index (χ0v) is 28.8. The van der Waals surface area contributed by atoms with E-state index in [-0.39, 0.29) is 23.6 Å². The lowest BCUT2D eigenvalue weighted by Gasteiger charge is -2.18. The molecule has 0 aliphatic rings. The van der Waals surface area contributed by atoms with Gasteiger partial charge in [-0.15, -0.1) is 0 Å². The summed E-state index contributed by atoms with van der Waals surface area (Å²) in [5.74, 6) is -1.41. The molecule has 0 aliphatic carbocycles. The quantitative estimate of drug-likeness (QED) is 0.0759. The highest BCUT2D eigenvalue weighted by Crippen LogP contribution is 2.10. The third-order valence-corrected chi connectivity index (χ3v) is 8.63. The minimum atomic E-state index is -0.499. The minimum absolute atomic E-state index is 0.315. The first kappa shape index (κ1) is 37.9. The first-order valence-corrected chi connectivity index (χ1v) is 17.8. The Labute approximate surface area is 296 Å². The molecule has 50 heavy (non-hydrogen) atoms. The molecule has 2 unspecified atom stereocenters. The van der Waals surface area contributed by atoms with Crippen molar-refractivity contribution in [1.29, 1.82) is 0 Å². The predicted molar refractivity (Wildman–Crippen MR) is 199 cm³/mol. The second kappa shape index (κ2) is 21.9. The van der Waals surface area contributed by atoms with E-state index in [1.165, 1.54) is 0 Å². The molecule has 4 aromatic carbocycles. The van der Waals surface area contributed by atoms with Gasteiger partial charge in [0.05, 0.1) is 12.1 Å². The van der Waals surface area contributed by atoms with Crippen molar-refractivity contribution < 1.29 is 19.2 Å². The highest BCUT2D eigenvalue weighted by Gasteiger charge is 2.22. The summed E-state index contributed by atoms with van der Waals surface area (Å²) < 4.78 is 0. The third-order valence-electron chi connectivity index (χ3n) is 8.63. The fourth-order valence-electron chi connectivity index (χ4n) is 5.80. The molecular formula is C42H50N4O4. The molecule has 0 aliphatic heterocycles. The van der Waals surface area contributed by atoms with Crippen molar-refractivity contribution in [3.63, 3.8) is 0 Å². The van der Waals surface area contributed by atoms with Crippen LogP contribution >= 0.6 is 0 Å². The van der Waals surface area contributed by atoms with Gasteiger partial charge in [0.1, 0.15) is 0 Å². The summed E-state index contributed by atoms with van der Waals surface area (Å²) in [6.07, 6.45) is 9.58. The van der Waals surface area contributed by atoms with Gasteiger partial charge in [0, 0.05) is 11.1 Å². The van der Waals surface area contributed by atoms with Crippen LogP contribution < -0.4 is 21.3 Å². The SMILES string of the molecule is O=C(NC(=O)C(Cc1ccccc1)NCCCCCCCCCCNC(Cc1ccccc1)C(=O)NC(=O)c1ccccc1)c1ccccc1. The van der Waals surface area contributed by atoms with E-state index in [9.17, 15) is 19.2 Å². The van der Waals surface area contributed by atoms with Crippen LogP contribution in [0.25, 0.3) is 0 Å². The molecule has 4 aromatic rings. The maximum absolute atomic E-state index is 13.1. The molecule has 0 aromatic heterocycles. The van der Waals surface area contributed by atoms with E-state index in [1.54, 1.807) is 48.5 Å². The Morgan fingerprint density at radius 2 is 0.700 bits per heavy atom. The van der Waals surface area contributed by atoms with E-state index in [0.29, 0.717) is 37.1 Å². The van der Waals surface area contributed by atoms with Crippen molar-refractivity contribution in [1.82, 2.24) is 21.3 Å². The van der Waals surface area contributed by atoms with Gasteiger partial charge >= 0.3 is 0 Å². The number of benzene rings is 4. The molecule has 4 rings (SSSR count). The summed E-state index contributed by atoms with van der Waals surface area (Å²) in [5.41, 5.74) is 3.00. The van der Waals surface area contributed by atoms with Gasteiger partial charge < -0.3 is 10.6 Å². The molecule has 262 valence electrons. The summed E-state index contributed by atoms with van der Waals surface area (Å²) >= 11 is 0. The van der Waals surface area contributed by atoms with Gasteiger partial charge in [-0.1, -0.05) is 136 Å². The molecular weight excluding hydrogens is 624 g/mol. The number of imide groups is 2. The van der Waals surface area contributed by atoms with Gasteiger partial charge in [-0.2, -0.15) is 0 Å². The summed E-state index contributed by atoms with van der Waals surface area (Å²) in [7, 11) is 0. The van der Waals surface area contributed by atoms with Gasteiger partial charge in [-0.05, 0) is 74.2 Å². The number of carbonyl (C=O) groups excluding carboxylic acids is 4. The highest BCUT2D eigenvalue weighted by atomic mass is 16.2. The van der Waals surface area contributed by atoms with E-state index in [2.05, 4.69) is 21.3 Å². The number of carbonyl (C=O) groups is 4. The fraction of sp³-hybridized carbons (Fsp3) is 0.333. The topological polar surface area (TPSA) is 116 Å². The van der Waals surface area contributed by atoms with E-state index in [1.807, 2.05) is 72.8 Å². The van der Waals surface area contributed by atoms with Gasteiger partial charge in [-0.25, -0.2) is 0 Å². The first-order chi connectivity index (χ1) is 24.5. The van der Waals surface area contributed by atoms with Crippen LogP contribution in [0.4, 0.5) is 0 Å². The molecule has 8 heteroatoms. The standard InChI is InChI=1S/C42H50N4O4/c47-39(35-25-15-9-16-26-35)45-41(49)37(31-33-21-11-7-12-22-33)43-29-19-5-3-1-2-4-6-20-30-44-38(32-34-23-13-8-14-24-34)42(50)46-40(48)36-27-17-10-18-28-36/h7-18,21-28,37-38,43-44H,1-6,19-20,29-32H2,(H,45,47,49)(H,46,48,50). The number of hydrogen-bond donors (Lipinski definition) is 4. The number of hydrogen-bond acceptors (Lipinski definition) is 6. The largest absolute Gasteiger partial charge is 0.306 e. The lowest BCUT2D eigenvalue weighted by molar-refractivity contribution is -0.123. The molecule has 0 saturated heterocycles. The number of nitrogens with one attached hydrogen (secondary N) is 4. The normalized spacial score (nSPS) is 12.1.